The van der Waals surface area contributed by atoms with E-state index < -0.39 is 0 Å². The van der Waals surface area contributed by atoms with Crippen molar-refractivity contribution in [1.29, 1.82) is 0 Å². The number of pyridine rings is 2. The zero-order valence-corrected chi connectivity index (χ0v) is 8.37. The van der Waals surface area contributed by atoms with Crippen molar-refractivity contribution in [3.05, 3.63) is 41.9 Å². The summed E-state index contributed by atoms with van der Waals surface area (Å²) in [5.41, 5.74) is 12.2. The van der Waals surface area contributed by atoms with Crippen LogP contribution in [0.25, 0.3) is 11.4 Å². The fraction of sp³-hybridized carbons (Fsp3) is 0. The molecule has 2 heterocycles. The number of rotatable bonds is 1. The van der Waals surface area contributed by atoms with E-state index in [0.29, 0.717) is 4.73 Å². The first-order chi connectivity index (χ1) is 7.61. The molecule has 82 valence electrons. The maximum absolute atomic E-state index is 11.6. The normalized spacial score (nSPS) is 10.2. The lowest BCUT2D eigenvalue weighted by Crippen LogP contribution is -2.39. The molecule has 16 heavy (non-hydrogen) atoms. The van der Waals surface area contributed by atoms with E-state index in [0.717, 1.165) is 4.73 Å². The second kappa shape index (κ2) is 3.58. The van der Waals surface area contributed by atoms with Crippen molar-refractivity contribution in [1.82, 2.24) is 0 Å². The molecule has 6 heteroatoms. The molecule has 6 nitrogen and oxygen atoms in total. The molecule has 0 spiro atoms. The molecule has 0 amide bonds. The highest BCUT2D eigenvalue weighted by molar-refractivity contribution is 5.73. The minimum Gasteiger partial charge on any atom is -0.618 e. The Morgan fingerprint density at radius 1 is 1.00 bits per heavy atom. The maximum atomic E-state index is 11.6. The first-order valence-electron chi connectivity index (χ1n) is 4.58. The van der Waals surface area contributed by atoms with Crippen LogP contribution >= 0.6 is 0 Å². The lowest BCUT2D eigenvalue weighted by atomic mass is 10.2. The average Bonchev–Trinajstić information content (AvgIpc) is 2.21. The summed E-state index contributed by atoms with van der Waals surface area (Å²) in [5, 5.41) is 21.2. The number of anilines is 2. The van der Waals surface area contributed by atoms with Crippen LogP contribution in [0.2, 0.25) is 0 Å². The van der Waals surface area contributed by atoms with Crippen molar-refractivity contribution in [3.8, 4) is 11.4 Å². The summed E-state index contributed by atoms with van der Waals surface area (Å²) in [4.78, 5) is 0. The van der Waals surface area contributed by atoms with Gasteiger partial charge in [0.05, 0.1) is 0 Å². The van der Waals surface area contributed by atoms with Crippen LogP contribution in [0, 0.1) is 5.21 Å². The third-order valence-corrected chi connectivity index (χ3v) is 2.22. The van der Waals surface area contributed by atoms with E-state index in [4.69, 9.17) is 11.5 Å². The summed E-state index contributed by atoms with van der Waals surface area (Å²) >= 11 is 0. The summed E-state index contributed by atoms with van der Waals surface area (Å²) in [6, 6.07) is 6.23. The summed E-state index contributed by atoms with van der Waals surface area (Å²) in [6.45, 7) is 0. The minimum absolute atomic E-state index is 0.128. The van der Waals surface area contributed by atoms with Gasteiger partial charge in [0.15, 0.2) is 6.20 Å². The highest BCUT2D eigenvalue weighted by Gasteiger charge is 2.27. The van der Waals surface area contributed by atoms with E-state index in [9.17, 15) is 10.4 Å². The summed E-state index contributed by atoms with van der Waals surface area (Å²) in [5.74, 6) is 0. The van der Waals surface area contributed by atoms with Crippen molar-refractivity contribution in [2.24, 2.45) is 0 Å². The van der Waals surface area contributed by atoms with Crippen molar-refractivity contribution in [2.75, 3.05) is 11.5 Å². The molecule has 2 aromatic heterocycles. The lowest BCUT2D eigenvalue weighted by molar-refractivity contribution is -0.897. The van der Waals surface area contributed by atoms with Gasteiger partial charge in [-0.2, -0.15) is 4.73 Å². The second-order valence-corrected chi connectivity index (χ2v) is 3.29. The van der Waals surface area contributed by atoms with Gasteiger partial charge in [0.25, 0.3) is 0 Å². The molecular formula is C10H11N4O2+. The average molecular weight is 219 g/mol. The molecule has 2 aromatic rings. The fourth-order valence-electron chi connectivity index (χ4n) is 1.51. The van der Waals surface area contributed by atoms with Crippen LogP contribution in [-0.4, -0.2) is 5.21 Å². The first-order valence-corrected chi connectivity index (χ1v) is 4.58. The zero-order chi connectivity index (χ0) is 11.7. The van der Waals surface area contributed by atoms with Gasteiger partial charge in [-0.3, -0.25) is 5.21 Å². The first kappa shape index (κ1) is 10.0. The summed E-state index contributed by atoms with van der Waals surface area (Å²) < 4.78 is 1.34. The van der Waals surface area contributed by atoms with Crippen LogP contribution in [0.1, 0.15) is 0 Å². The van der Waals surface area contributed by atoms with Crippen molar-refractivity contribution < 1.29 is 14.7 Å². The van der Waals surface area contributed by atoms with Gasteiger partial charge in [0.1, 0.15) is 11.4 Å². The van der Waals surface area contributed by atoms with Crippen LogP contribution < -0.4 is 20.9 Å². The minimum atomic E-state index is 0.128. The highest BCUT2D eigenvalue weighted by atomic mass is 16.5. The number of nitrogens with two attached hydrogens (primary N) is 2. The number of nitrogens with zero attached hydrogens (tertiary/aromatic N) is 2. The molecule has 0 aliphatic heterocycles. The Kier molecular flexibility index (Phi) is 2.24. The molecular weight excluding hydrogens is 208 g/mol. The van der Waals surface area contributed by atoms with Gasteiger partial charge in [-0.15, -0.1) is 0 Å². The summed E-state index contributed by atoms with van der Waals surface area (Å²) in [7, 11) is 0. The molecule has 2 rings (SSSR count). The third-order valence-electron chi connectivity index (χ3n) is 2.22. The van der Waals surface area contributed by atoms with Crippen LogP contribution in [0.4, 0.5) is 11.4 Å². The molecule has 0 aliphatic rings. The Morgan fingerprint density at radius 2 is 1.56 bits per heavy atom. The van der Waals surface area contributed by atoms with Crippen LogP contribution in [0.15, 0.2) is 36.7 Å². The Balaban J connectivity index is 2.77. The van der Waals surface area contributed by atoms with Gasteiger partial charge in [0, 0.05) is 16.9 Å². The van der Waals surface area contributed by atoms with Gasteiger partial charge in [0.2, 0.25) is 6.20 Å². The van der Waals surface area contributed by atoms with Gasteiger partial charge < -0.3 is 16.7 Å². The van der Waals surface area contributed by atoms with E-state index in [2.05, 4.69) is 0 Å². The largest absolute Gasteiger partial charge is 0.618 e. The smallest absolute Gasteiger partial charge is 0.353 e. The SMILES string of the molecule is Nc1ccc[n+]([O-])c1-c1c(N)ccc[n+]1O. The topological polar surface area (TPSA) is 103 Å². The van der Waals surface area contributed by atoms with Gasteiger partial charge in [-0.05, 0) is 12.1 Å². The van der Waals surface area contributed by atoms with Crippen LogP contribution in [0.3, 0.4) is 0 Å². The van der Waals surface area contributed by atoms with Gasteiger partial charge in [-0.25, -0.2) is 0 Å². The molecule has 5 N–H and O–H groups in total. The highest BCUT2D eigenvalue weighted by Crippen LogP contribution is 2.22. The zero-order valence-electron chi connectivity index (χ0n) is 8.37. The Hall–Kier alpha value is -2.50. The molecule has 0 radical (unpaired) electrons. The molecule has 0 unspecified atom stereocenters. The Labute approximate surface area is 91.5 Å². The van der Waals surface area contributed by atoms with Crippen LogP contribution in [-0.2, 0) is 0 Å². The van der Waals surface area contributed by atoms with E-state index in [1.165, 1.54) is 18.5 Å². The van der Waals surface area contributed by atoms with Crippen molar-refractivity contribution >= 4 is 11.4 Å². The predicted octanol–water partition coefficient (Wildman–Crippen LogP) is -0.324. The van der Waals surface area contributed by atoms with E-state index in [1.807, 2.05) is 0 Å². The molecule has 0 atom stereocenters. The lowest BCUT2D eigenvalue weighted by Gasteiger charge is -2.04. The molecule has 0 bridgehead atoms. The quantitative estimate of drug-likeness (QED) is 0.347. The second-order valence-electron chi connectivity index (χ2n) is 3.29. The summed E-state index contributed by atoms with van der Waals surface area (Å²) in [6.07, 6.45) is 2.66. The van der Waals surface area contributed by atoms with Crippen molar-refractivity contribution in [2.45, 2.75) is 0 Å². The number of nitrogen functional groups attached to an aromatic ring is 2. The van der Waals surface area contributed by atoms with E-state index >= 15 is 0 Å². The van der Waals surface area contributed by atoms with Gasteiger partial charge >= 0.3 is 11.4 Å². The number of hydrogen-bond acceptors (Lipinski definition) is 4. The number of aromatic nitrogens is 2. The molecule has 0 saturated carbocycles. The van der Waals surface area contributed by atoms with Gasteiger partial charge in [-0.1, -0.05) is 0 Å². The standard InChI is InChI=1S/C10H10N4O2/c11-7-3-1-5-13(15)9(7)10-8(12)4-2-6-14(10)16/h1-6,11,16H,12H2/p+1. The molecule has 0 fully saturated rings. The predicted molar refractivity (Wildman–Crippen MR) is 57.0 cm³/mol. The number of hydrogen-bond donors (Lipinski definition) is 3. The fourth-order valence-corrected chi connectivity index (χ4v) is 1.51. The molecule has 0 aromatic carbocycles. The van der Waals surface area contributed by atoms with E-state index in [1.54, 1.807) is 18.2 Å². The Morgan fingerprint density at radius 3 is 2.12 bits per heavy atom. The van der Waals surface area contributed by atoms with Crippen LogP contribution in [0.5, 0.6) is 0 Å². The van der Waals surface area contributed by atoms with E-state index in [-0.39, 0.29) is 22.8 Å². The maximum Gasteiger partial charge on any atom is 0.353 e. The third kappa shape index (κ3) is 1.46. The monoisotopic (exact) mass is 219 g/mol. The Bertz CT molecular complexity index is 452. The molecule has 0 aliphatic carbocycles. The molecule has 0 saturated heterocycles. The van der Waals surface area contributed by atoms with Crippen molar-refractivity contribution in [3.63, 3.8) is 0 Å².